The van der Waals surface area contributed by atoms with Crippen LogP contribution in [0.5, 0.6) is 0 Å². The zero-order valence-electron chi connectivity index (χ0n) is 12.9. The Morgan fingerprint density at radius 2 is 2.05 bits per heavy atom. The molecule has 2 aliphatic rings. The lowest BCUT2D eigenvalue weighted by molar-refractivity contribution is 0.122. The highest BCUT2D eigenvalue weighted by Crippen LogP contribution is 2.22. The standard InChI is InChI=1S/C14H22N4O3S/c1-2-9-22(19,20)18-4-3-12-10-15-14(16-13(12)11-18)17-5-7-21-8-6-17/h10H,2-9,11H2,1H3. The molecule has 0 spiro atoms. The van der Waals surface area contributed by atoms with Gasteiger partial charge in [-0.2, -0.15) is 4.31 Å². The Morgan fingerprint density at radius 3 is 2.77 bits per heavy atom. The number of hydrogen-bond acceptors (Lipinski definition) is 6. The second-order valence-electron chi connectivity index (χ2n) is 5.64. The van der Waals surface area contributed by atoms with Crippen molar-refractivity contribution in [2.75, 3.05) is 43.5 Å². The van der Waals surface area contributed by atoms with Gasteiger partial charge < -0.3 is 9.64 Å². The summed E-state index contributed by atoms with van der Waals surface area (Å²) in [6, 6.07) is 0. The van der Waals surface area contributed by atoms with E-state index in [1.807, 2.05) is 13.1 Å². The van der Waals surface area contributed by atoms with Crippen molar-refractivity contribution in [3.8, 4) is 0 Å². The molecule has 0 amide bonds. The van der Waals surface area contributed by atoms with E-state index in [0.29, 0.717) is 45.1 Å². The third-order valence-electron chi connectivity index (χ3n) is 4.05. The molecule has 0 bridgehead atoms. The van der Waals surface area contributed by atoms with E-state index in [-0.39, 0.29) is 5.75 Å². The number of anilines is 1. The van der Waals surface area contributed by atoms with E-state index < -0.39 is 10.0 Å². The number of nitrogens with zero attached hydrogens (tertiary/aromatic N) is 4. The van der Waals surface area contributed by atoms with Crippen LogP contribution in [0.4, 0.5) is 5.95 Å². The number of morpholine rings is 1. The van der Waals surface area contributed by atoms with Crippen LogP contribution in [0.2, 0.25) is 0 Å². The number of aromatic nitrogens is 2. The Hall–Kier alpha value is -1.25. The van der Waals surface area contributed by atoms with Crippen molar-refractivity contribution in [3.05, 3.63) is 17.5 Å². The van der Waals surface area contributed by atoms with Gasteiger partial charge in [-0.3, -0.25) is 0 Å². The van der Waals surface area contributed by atoms with Gasteiger partial charge in [0.15, 0.2) is 0 Å². The van der Waals surface area contributed by atoms with Crippen LogP contribution in [0.3, 0.4) is 0 Å². The number of rotatable bonds is 4. The Balaban J connectivity index is 1.80. The molecule has 0 aromatic carbocycles. The van der Waals surface area contributed by atoms with Gasteiger partial charge in [-0.15, -0.1) is 0 Å². The Bertz CT molecular complexity index is 629. The Labute approximate surface area is 131 Å². The highest BCUT2D eigenvalue weighted by molar-refractivity contribution is 7.89. The highest BCUT2D eigenvalue weighted by atomic mass is 32.2. The maximum atomic E-state index is 12.2. The quantitative estimate of drug-likeness (QED) is 0.798. The van der Waals surface area contributed by atoms with E-state index >= 15 is 0 Å². The van der Waals surface area contributed by atoms with Gasteiger partial charge in [0.2, 0.25) is 16.0 Å². The third kappa shape index (κ3) is 3.23. The van der Waals surface area contributed by atoms with Crippen molar-refractivity contribution >= 4 is 16.0 Å². The molecule has 0 N–H and O–H groups in total. The summed E-state index contributed by atoms with van der Waals surface area (Å²) in [4.78, 5) is 11.1. The second-order valence-corrected chi connectivity index (χ2v) is 7.73. The van der Waals surface area contributed by atoms with Gasteiger partial charge in [-0.25, -0.2) is 18.4 Å². The van der Waals surface area contributed by atoms with Crippen molar-refractivity contribution in [3.63, 3.8) is 0 Å². The van der Waals surface area contributed by atoms with Crippen LogP contribution < -0.4 is 4.90 Å². The largest absolute Gasteiger partial charge is 0.378 e. The average Bonchev–Trinajstić information content (AvgIpc) is 2.54. The number of fused-ring (bicyclic) bond motifs is 1. The fourth-order valence-electron chi connectivity index (χ4n) is 2.81. The molecule has 2 aliphatic heterocycles. The summed E-state index contributed by atoms with van der Waals surface area (Å²) in [6.45, 7) is 5.67. The number of sulfonamides is 1. The van der Waals surface area contributed by atoms with Gasteiger partial charge in [-0.1, -0.05) is 6.92 Å². The summed E-state index contributed by atoms with van der Waals surface area (Å²) in [7, 11) is -3.17. The van der Waals surface area contributed by atoms with Crippen LogP contribution in [0.1, 0.15) is 24.6 Å². The van der Waals surface area contributed by atoms with Crippen molar-refractivity contribution in [1.82, 2.24) is 14.3 Å². The minimum absolute atomic E-state index is 0.198. The Morgan fingerprint density at radius 1 is 1.27 bits per heavy atom. The molecule has 22 heavy (non-hydrogen) atoms. The summed E-state index contributed by atoms with van der Waals surface area (Å²) >= 11 is 0. The lowest BCUT2D eigenvalue weighted by atomic mass is 10.1. The van der Waals surface area contributed by atoms with Crippen molar-refractivity contribution in [1.29, 1.82) is 0 Å². The first-order chi connectivity index (χ1) is 10.6. The molecule has 8 heteroatoms. The first-order valence-corrected chi connectivity index (χ1v) is 9.36. The van der Waals surface area contributed by atoms with Crippen molar-refractivity contribution < 1.29 is 13.2 Å². The highest BCUT2D eigenvalue weighted by Gasteiger charge is 2.27. The van der Waals surface area contributed by atoms with Crippen LogP contribution in [0, 0.1) is 0 Å². The van der Waals surface area contributed by atoms with Crippen LogP contribution in [-0.4, -0.2) is 61.3 Å². The molecular formula is C14H22N4O3S. The predicted octanol–water partition coefficient (Wildman–Crippen LogP) is 0.411. The minimum Gasteiger partial charge on any atom is -0.378 e. The zero-order valence-corrected chi connectivity index (χ0v) is 13.7. The minimum atomic E-state index is -3.17. The fourth-order valence-corrected chi connectivity index (χ4v) is 4.27. The van der Waals surface area contributed by atoms with Gasteiger partial charge in [0, 0.05) is 25.8 Å². The first-order valence-electron chi connectivity index (χ1n) is 7.75. The zero-order chi connectivity index (χ0) is 15.6. The monoisotopic (exact) mass is 326 g/mol. The molecule has 3 rings (SSSR count). The molecule has 122 valence electrons. The molecule has 0 saturated carbocycles. The van der Waals surface area contributed by atoms with Crippen LogP contribution >= 0.6 is 0 Å². The summed E-state index contributed by atoms with van der Waals surface area (Å²) in [5.41, 5.74) is 1.89. The molecule has 1 aromatic rings. The second kappa shape index (κ2) is 6.47. The lowest BCUT2D eigenvalue weighted by Crippen LogP contribution is -2.40. The maximum Gasteiger partial charge on any atom is 0.225 e. The predicted molar refractivity (Wildman–Crippen MR) is 83.3 cm³/mol. The molecule has 0 unspecified atom stereocenters. The summed E-state index contributed by atoms with van der Waals surface area (Å²) in [6.07, 6.45) is 3.16. The third-order valence-corrected chi connectivity index (χ3v) is 6.07. The van der Waals surface area contributed by atoms with E-state index in [1.165, 1.54) is 0 Å². The molecule has 1 fully saturated rings. The van der Waals surface area contributed by atoms with Crippen LogP contribution in [0.15, 0.2) is 6.20 Å². The number of ether oxygens (including phenoxy) is 1. The Kier molecular flexibility index (Phi) is 4.60. The molecule has 7 nitrogen and oxygen atoms in total. The smallest absolute Gasteiger partial charge is 0.225 e. The first kappa shape index (κ1) is 15.6. The van der Waals surface area contributed by atoms with E-state index in [4.69, 9.17) is 4.74 Å². The summed E-state index contributed by atoms with van der Waals surface area (Å²) < 4.78 is 31.4. The van der Waals surface area contributed by atoms with Gasteiger partial charge in [0.25, 0.3) is 0 Å². The molecule has 1 saturated heterocycles. The van der Waals surface area contributed by atoms with Gasteiger partial charge >= 0.3 is 0 Å². The van der Waals surface area contributed by atoms with Crippen molar-refractivity contribution in [2.45, 2.75) is 26.3 Å². The SMILES string of the molecule is CCCS(=O)(=O)N1CCc2cnc(N3CCOCC3)nc2C1. The van der Waals surface area contributed by atoms with Crippen molar-refractivity contribution in [2.24, 2.45) is 0 Å². The fraction of sp³-hybridized carbons (Fsp3) is 0.714. The van der Waals surface area contributed by atoms with E-state index in [1.54, 1.807) is 4.31 Å². The molecule has 3 heterocycles. The maximum absolute atomic E-state index is 12.2. The molecule has 0 aliphatic carbocycles. The molecular weight excluding hydrogens is 304 g/mol. The normalized spacial score (nSPS) is 20.0. The van der Waals surface area contributed by atoms with Gasteiger partial charge in [0.1, 0.15) is 0 Å². The summed E-state index contributed by atoms with van der Waals surface area (Å²) in [5.74, 6) is 0.876. The topological polar surface area (TPSA) is 75.6 Å². The van der Waals surface area contributed by atoms with Gasteiger partial charge in [0.05, 0.1) is 31.2 Å². The van der Waals surface area contributed by atoms with Gasteiger partial charge in [-0.05, 0) is 18.4 Å². The lowest BCUT2D eigenvalue weighted by Gasteiger charge is -2.30. The van der Waals surface area contributed by atoms with Crippen LogP contribution in [-0.2, 0) is 27.7 Å². The van der Waals surface area contributed by atoms with Crippen LogP contribution in [0.25, 0.3) is 0 Å². The number of hydrogen-bond donors (Lipinski definition) is 0. The molecule has 1 aromatic heterocycles. The molecule has 0 radical (unpaired) electrons. The average molecular weight is 326 g/mol. The van der Waals surface area contributed by atoms with E-state index in [0.717, 1.165) is 24.3 Å². The van der Waals surface area contributed by atoms with E-state index in [2.05, 4.69) is 14.9 Å². The summed E-state index contributed by atoms with van der Waals surface area (Å²) in [5, 5.41) is 0. The molecule has 0 atom stereocenters. The van der Waals surface area contributed by atoms with E-state index in [9.17, 15) is 8.42 Å².